The number of hydrogen-bond acceptors (Lipinski definition) is 1. The first kappa shape index (κ1) is 16.2. The Morgan fingerprint density at radius 1 is 0.783 bits per heavy atom. The van der Waals surface area contributed by atoms with Crippen molar-refractivity contribution in [2.24, 2.45) is 0 Å². The van der Waals surface area contributed by atoms with Crippen LogP contribution in [0.5, 0.6) is 0 Å². The van der Waals surface area contributed by atoms with Gasteiger partial charge in [0.2, 0.25) is 0 Å². The van der Waals surface area contributed by atoms with Crippen molar-refractivity contribution in [1.29, 1.82) is 0 Å². The van der Waals surface area contributed by atoms with Gasteiger partial charge in [-0.15, -0.1) is 0 Å². The zero-order valence-corrected chi connectivity index (χ0v) is 14.5. The summed E-state index contributed by atoms with van der Waals surface area (Å²) in [4.78, 5) is 2.67. The van der Waals surface area contributed by atoms with Gasteiger partial charge in [-0.2, -0.15) is 0 Å². The number of likely N-dealkylation sites (N-methyl/N-ethyl adjacent to an activating group) is 1. The average Bonchev–Trinajstić information content (AvgIpc) is 2.65. The summed E-state index contributed by atoms with van der Waals surface area (Å²) in [6.45, 7) is 12.1. The van der Waals surface area contributed by atoms with E-state index in [2.05, 4.69) is 79.4 Å². The lowest BCUT2D eigenvalue weighted by Gasteiger charge is -2.46. The Bertz CT molecular complexity index is 540. The van der Waals surface area contributed by atoms with Gasteiger partial charge in [-0.05, 0) is 25.0 Å². The van der Waals surface area contributed by atoms with Crippen molar-refractivity contribution in [3.05, 3.63) is 71.8 Å². The summed E-state index contributed by atoms with van der Waals surface area (Å²) in [5, 5.41) is 0. The summed E-state index contributed by atoms with van der Waals surface area (Å²) in [5.74, 6) is 0. The minimum atomic E-state index is 0.383. The summed E-state index contributed by atoms with van der Waals surface area (Å²) in [6.07, 6.45) is 0. The van der Waals surface area contributed by atoms with Crippen molar-refractivity contribution in [1.82, 2.24) is 4.90 Å². The van der Waals surface area contributed by atoms with Crippen molar-refractivity contribution in [3.63, 3.8) is 0 Å². The van der Waals surface area contributed by atoms with E-state index >= 15 is 0 Å². The predicted molar refractivity (Wildman–Crippen MR) is 97.4 cm³/mol. The van der Waals surface area contributed by atoms with Crippen LogP contribution in [-0.2, 0) is 0 Å². The van der Waals surface area contributed by atoms with E-state index in [9.17, 15) is 0 Å². The number of piperazine rings is 1. The Kier molecular flexibility index (Phi) is 5.14. The molecule has 0 unspecified atom stereocenters. The van der Waals surface area contributed by atoms with E-state index in [0.29, 0.717) is 6.04 Å². The second kappa shape index (κ2) is 7.29. The Balaban J connectivity index is 1.86. The highest BCUT2D eigenvalue weighted by molar-refractivity contribution is 5.31. The lowest BCUT2D eigenvalue weighted by atomic mass is 9.96. The number of nitrogens with zero attached hydrogens (tertiary/aromatic N) is 2. The molecule has 0 atom stereocenters. The van der Waals surface area contributed by atoms with Gasteiger partial charge in [0.1, 0.15) is 0 Å². The van der Waals surface area contributed by atoms with Gasteiger partial charge in [0.15, 0.2) is 0 Å². The van der Waals surface area contributed by atoms with Crippen LogP contribution >= 0.6 is 0 Å². The van der Waals surface area contributed by atoms with E-state index < -0.39 is 0 Å². The average molecular weight is 309 g/mol. The molecule has 0 saturated carbocycles. The molecule has 0 aliphatic carbocycles. The predicted octanol–water partition coefficient (Wildman–Crippen LogP) is 3.95. The van der Waals surface area contributed by atoms with E-state index in [-0.39, 0.29) is 0 Å². The van der Waals surface area contributed by atoms with Gasteiger partial charge in [0, 0.05) is 13.1 Å². The topological polar surface area (TPSA) is 3.24 Å². The van der Waals surface area contributed by atoms with Crippen LogP contribution in [0.25, 0.3) is 0 Å². The molecule has 1 saturated heterocycles. The molecule has 1 heterocycles. The molecule has 3 rings (SSSR count). The van der Waals surface area contributed by atoms with Gasteiger partial charge >= 0.3 is 0 Å². The molecule has 0 radical (unpaired) electrons. The summed E-state index contributed by atoms with van der Waals surface area (Å²) < 4.78 is 1.27. The first-order valence-corrected chi connectivity index (χ1v) is 8.97. The number of benzene rings is 2. The molecule has 2 heteroatoms. The van der Waals surface area contributed by atoms with Gasteiger partial charge in [-0.1, -0.05) is 60.7 Å². The first-order valence-electron chi connectivity index (χ1n) is 8.97. The second-order valence-electron chi connectivity index (χ2n) is 6.68. The highest BCUT2D eigenvalue weighted by Crippen LogP contribution is 2.30. The molecular formula is C21H29N2+. The Labute approximate surface area is 140 Å². The van der Waals surface area contributed by atoms with Crippen LogP contribution in [-0.4, -0.2) is 48.7 Å². The third-order valence-electron chi connectivity index (χ3n) is 5.66. The number of quaternary nitrogens is 1. The molecule has 0 N–H and O–H groups in total. The maximum absolute atomic E-state index is 2.67. The van der Waals surface area contributed by atoms with E-state index in [0.717, 1.165) is 0 Å². The maximum atomic E-state index is 2.67. The van der Waals surface area contributed by atoms with Crippen molar-refractivity contribution in [2.75, 3.05) is 39.3 Å². The van der Waals surface area contributed by atoms with Crippen molar-refractivity contribution >= 4 is 0 Å². The molecule has 0 spiro atoms. The molecule has 2 aromatic rings. The summed E-state index contributed by atoms with van der Waals surface area (Å²) in [6, 6.07) is 22.3. The molecular weight excluding hydrogens is 280 g/mol. The molecule has 1 fully saturated rings. The van der Waals surface area contributed by atoms with Gasteiger partial charge in [-0.3, -0.25) is 4.90 Å². The second-order valence-corrected chi connectivity index (χ2v) is 6.68. The smallest absolute Gasteiger partial charge is 0.0916 e. The van der Waals surface area contributed by atoms with Crippen LogP contribution in [0.3, 0.4) is 0 Å². The van der Waals surface area contributed by atoms with E-state index in [1.807, 2.05) is 0 Å². The highest BCUT2D eigenvalue weighted by Gasteiger charge is 2.33. The minimum absolute atomic E-state index is 0.383. The van der Waals surface area contributed by atoms with Crippen LogP contribution in [0.2, 0.25) is 0 Å². The van der Waals surface area contributed by atoms with Gasteiger partial charge in [0.25, 0.3) is 0 Å². The Hall–Kier alpha value is -1.64. The van der Waals surface area contributed by atoms with Crippen molar-refractivity contribution < 1.29 is 4.48 Å². The van der Waals surface area contributed by atoms with Crippen molar-refractivity contribution in [2.45, 2.75) is 19.9 Å². The first-order chi connectivity index (χ1) is 11.3. The molecule has 1 aliphatic heterocycles. The van der Waals surface area contributed by atoms with E-state index in [1.165, 1.54) is 54.9 Å². The quantitative estimate of drug-likeness (QED) is 0.756. The Morgan fingerprint density at radius 2 is 1.22 bits per heavy atom. The lowest BCUT2D eigenvalue weighted by Crippen LogP contribution is -2.59. The normalized spacial score (nSPS) is 18.2. The lowest BCUT2D eigenvalue weighted by molar-refractivity contribution is -0.929. The standard InChI is InChI=1S/C21H29N2/c1-3-23(4-2)17-15-22(16-18-23)21(19-11-7-5-8-12-19)20-13-9-6-10-14-20/h5-14,21H,3-4,15-18H2,1-2H3/q+1. The molecule has 2 aromatic carbocycles. The van der Waals surface area contributed by atoms with Crippen LogP contribution in [0, 0.1) is 0 Å². The van der Waals surface area contributed by atoms with Crippen LogP contribution in [0.1, 0.15) is 31.0 Å². The molecule has 1 aliphatic rings. The molecule has 0 bridgehead atoms. The third kappa shape index (κ3) is 3.49. The maximum Gasteiger partial charge on any atom is 0.0916 e. The monoisotopic (exact) mass is 309 g/mol. The molecule has 23 heavy (non-hydrogen) atoms. The van der Waals surface area contributed by atoms with Crippen LogP contribution in [0.15, 0.2) is 60.7 Å². The number of rotatable bonds is 5. The molecule has 2 nitrogen and oxygen atoms in total. The van der Waals surface area contributed by atoms with E-state index in [4.69, 9.17) is 0 Å². The largest absolute Gasteiger partial charge is 0.322 e. The third-order valence-corrected chi connectivity index (χ3v) is 5.66. The Morgan fingerprint density at radius 3 is 1.61 bits per heavy atom. The fourth-order valence-corrected chi connectivity index (χ4v) is 3.90. The fourth-order valence-electron chi connectivity index (χ4n) is 3.90. The summed E-state index contributed by atoms with van der Waals surface area (Å²) >= 11 is 0. The zero-order chi connectivity index (χ0) is 16.1. The molecule has 0 aromatic heterocycles. The minimum Gasteiger partial charge on any atom is -0.322 e. The van der Waals surface area contributed by atoms with Gasteiger partial charge < -0.3 is 4.48 Å². The van der Waals surface area contributed by atoms with E-state index in [1.54, 1.807) is 0 Å². The molecule has 0 amide bonds. The SMILES string of the molecule is CC[N+]1(CC)CCN(C(c2ccccc2)c2ccccc2)CC1. The van der Waals surface area contributed by atoms with Gasteiger partial charge in [0.05, 0.1) is 32.2 Å². The number of hydrogen-bond donors (Lipinski definition) is 0. The fraction of sp³-hybridized carbons (Fsp3) is 0.429. The van der Waals surface area contributed by atoms with Crippen molar-refractivity contribution in [3.8, 4) is 0 Å². The van der Waals surface area contributed by atoms with Gasteiger partial charge in [-0.25, -0.2) is 0 Å². The van der Waals surface area contributed by atoms with Crippen LogP contribution < -0.4 is 0 Å². The highest BCUT2D eigenvalue weighted by atomic mass is 15.4. The zero-order valence-electron chi connectivity index (χ0n) is 14.5. The molecule has 122 valence electrons. The van der Waals surface area contributed by atoms with Crippen LogP contribution in [0.4, 0.5) is 0 Å². The summed E-state index contributed by atoms with van der Waals surface area (Å²) in [5.41, 5.74) is 2.82. The summed E-state index contributed by atoms with van der Waals surface area (Å²) in [7, 11) is 0.